The maximum atomic E-state index is 11.0. The molecule has 1 saturated carbocycles. The molecule has 4 atom stereocenters. The van der Waals surface area contributed by atoms with Crippen molar-refractivity contribution >= 4 is 8.18 Å². The van der Waals surface area contributed by atoms with Crippen LogP contribution >= 0.6 is 8.18 Å². The van der Waals surface area contributed by atoms with Crippen LogP contribution in [0.25, 0.3) is 0 Å². The van der Waals surface area contributed by atoms with Crippen LogP contribution in [0, 0.1) is 11.8 Å². The molecule has 1 aliphatic rings. The minimum Gasteiger partial charge on any atom is -0.316 e. The lowest BCUT2D eigenvalue weighted by Crippen LogP contribution is -2.29. The molecule has 3 nitrogen and oxygen atoms in total. The molecule has 0 aromatic rings. The summed E-state index contributed by atoms with van der Waals surface area (Å²) in [5.41, 5.74) is 5.30. The second-order valence-corrected chi connectivity index (χ2v) is 5.54. The Hall–Kier alpha value is 0.150. The number of rotatable bonds is 3. The molecule has 0 bridgehead atoms. The Balaban J connectivity index is 2.62. The van der Waals surface area contributed by atoms with Crippen molar-refractivity contribution in [2.75, 3.05) is 0 Å². The topological polar surface area (TPSA) is 52.3 Å². The van der Waals surface area contributed by atoms with Gasteiger partial charge >= 0.3 is 0 Å². The van der Waals surface area contributed by atoms with Gasteiger partial charge in [-0.3, -0.25) is 10.1 Å². The van der Waals surface area contributed by atoms with E-state index in [9.17, 15) is 4.57 Å². The van der Waals surface area contributed by atoms with Crippen molar-refractivity contribution in [2.24, 2.45) is 17.3 Å². The highest BCUT2D eigenvalue weighted by Crippen LogP contribution is 2.35. The van der Waals surface area contributed by atoms with Gasteiger partial charge < -0.3 is 4.52 Å². The van der Waals surface area contributed by atoms with E-state index in [4.69, 9.17) is 10.0 Å². The zero-order valence-electron chi connectivity index (χ0n) is 9.87. The molecule has 1 rings (SSSR count). The molecule has 1 aliphatic carbocycles. The van der Waals surface area contributed by atoms with Gasteiger partial charge in [0, 0.05) is 0 Å². The first-order chi connectivity index (χ1) is 7.15. The summed E-state index contributed by atoms with van der Waals surface area (Å²) in [6.07, 6.45) is 7.29. The molecule has 4 heteroatoms. The molecule has 0 amide bonds. The third-order valence-electron chi connectivity index (χ3n) is 3.60. The molecule has 0 saturated heterocycles. The van der Waals surface area contributed by atoms with Crippen molar-refractivity contribution in [1.82, 2.24) is 0 Å². The van der Waals surface area contributed by atoms with Gasteiger partial charge in [-0.2, -0.15) is 0 Å². The lowest BCUT2D eigenvalue weighted by Gasteiger charge is -2.32. The molecule has 3 unspecified atom stereocenters. The molecule has 0 radical (unpaired) electrons. The Morgan fingerprint density at radius 3 is 2.60 bits per heavy atom. The highest BCUT2D eigenvalue weighted by Gasteiger charge is 2.28. The second kappa shape index (κ2) is 6.67. The molecular weight excluding hydrogens is 209 g/mol. The highest BCUT2D eigenvalue weighted by molar-refractivity contribution is 7.36. The summed E-state index contributed by atoms with van der Waals surface area (Å²) >= 11 is 0. The summed E-state index contributed by atoms with van der Waals surface area (Å²) < 4.78 is 16.4. The van der Waals surface area contributed by atoms with E-state index in [1.807, 2.05) is 0 Å². The fraction of sp³-hybridized carbons (Fsp3) is 1.00. The Morgan fingerprint density at radius 1 is 1.33 bits per heavy atom. The van der Waals surface area contributed by atoms with Crippen LogP contribution in [0.15, 0.2) is 0 Å². The molecule has 0 spiro atoms. The summed E-state index contributed by atoms with van der Waals surface area (Å²) in [7, 11) is -2.28. The van der Waals surface area contributed by atoms with E-state index in [0.29, 0.717) is 11.8 Å². The number of nitrogens with two attached hydrogens (primary N) is 1. The van der Waals surface area contributed by atoms with Crippen LogP contribution in [0.3, 0.4) is 0 Å². The van der Waals surface area contributed by atoms with Crippen molar-refractivity contribution in [3.8, 4) is 0 Å². The molecule has 0 heterocycles. The van der Waals surface area contributed by atoms with Gasteiger partial charge in [-0.15, -0.1) is 0 Å². The van der Waals surface area contributed by atoms with Crippen LogP contribution in [0.4, 0.5) is 0 Å². The Labute approximate surface area is 93.7 Å². The van der Waals surface area contributed by atoms with Gasteiger partial charge in [0.15, 0.2) is 0 Å². The molecule has 90 valence electrons. The van der Waals surface area contributed by atoms with Gasteiger partial charge in [-0.1, -0.05) is 46.0 Å². The number of hydrogen-bond donors (Lipinski definition) is 1. The summed E-state index contributed by atoms with van der Waals surface area (Å²) in [5, 5.41) is 0. The van der Waals surface area contributed by atoms with E-state index in [1.165, 1.54) is 25.7 Å². The fourth-order valence-electron chi connectivity index (χ4n) is 2.74. The predicted octanol–water partition coefficient (Wildman–Crippen LogP) is 3.35. The smallest absolute Gasteiger partial charge is 0.255 e. The Kier molecular flexibility index (Phi) is 5.88. The van der Waals surface area contributed by atoms with Crippen LogP contribution in [0.5, 0.6) is 0 Å². The molecule has 0 aliphatic heterocycles. The maximum absolute atomic E-state index is 11.0. The zero-order chi connectivity index (χ0) is 11.3. The first-order valence-corrected chi connectivity index (χ1v) is 7.50. The van der Waals surface area contributed by atoms with E-state index in [-0.39, 0.29) is 6.10 Å². The molecule has 2 N–H and O–H groups in total. The van der Waals surface area contributed by atoms with Crippen LogP contribution < -0.4 is 5.50 Å². The van der Waals surface area contributed by atoms with Gasteiger partial charge in [0.1, 0.15) is 0 Å². The summed E-state index contributed by atoms with van der Waals surface area (Å²) in [6, 6.07) is 0. The molecule has 1 fully saturated rings. The average Bonchev–Trinajstić information content (AvgIpc) is 2.14. The summed E-state index contributed by atoms with van der Waals surface area (Å²) in [6.45, 7) is 4.47. The molecule has 15 heavy (non-hydrogen) atoms. The molecular formula is C11H24NO2P. The zero-order valence-corrected chi connectivity index (χ0v) is 10.9. The Morgan fingerprint density at radius 2 is 2.00 bits per heavy atom. The van der Waals surface area contributed by atoms with Crippen molar-refractivity contribution in [1.29, 1.82) is 0 Å². The van der Waals surface area contributed by atoms with Gasteiger partial charge in [0.2, 0.25) is 0 Å². The van der Waals surface area contributed by atoms with E-state index in [0.717, 1.165) is 12.8 Å². The average molecular weight is 233 g/mol. The first kappa shape index (κ1) is 13.2. The second-order valence-electron chi connectivity index (χ2n) is 4.66. The van der Waals surface area contributed by atoms with Crippen molar-refractivity contribution < 1.29 is 9.09 Å². The van der Waals surface area contributed by atoms with Crippen molar-refractivity contribution in [3.63, 3.8) is 0 Å². The SMILES string of the molecule is CCC1C(O[PH](N)=O)CCCCC[C@@H]1C. The van der Waals surface area contributed by atoms with E-state index >= 15 is 0 Å². The largest absolute Gasteiger partial charge is 0.316 e. The fourth-order valence-corrected chi connectivity index (χ4v) is 3.34. The summed E-state index contributed by atoms with van der Waals surface area (Å²) in [4.78, 5) is 0. The normalized spacial score (nSPS) is 35.5. The quantitative estimate of drug-likeness (QED) is 0.760. The van der Waals surface area contributed by atoms with Crippen molar-refractivity contribution in [2.45, 2.75) is 58.5 Å². The minimum atomic E-state index is -2.28. The monoisotopic (exact) mass is 233 g/mol. The first-order valence-electron chi connectivity index (χ1n) is 6.11. The van der Waals surface area contributed by atoms with Gasteiger partial charge in [-0.05, 0) is 18.3 Å². The third kappa shape index (κ3) is 4.26. The van der Waals surface area contributed by atoms with Crippen LogP contribution in [0.2, 0.25) is 0 Å². The minimum absolute atomic E-state index is 0.127. The number of hydrogen-bond acceptors (Lipinski definition) is 2. The molecule has 0 aromatic heterocycles. The van der Waals surface area contributed by atoms with Crippen LogP contribution in [-0.2, 0) is 9.09 Å². The maximum Gasteiger partial charge on any atom is 0.255 e. The van der Waals surface area contributed by atoms with Gasteiger partial charge in [0.05, 0.1) is 6.10 Å². The summed E-state index contributed by atoms with van der Waals surface area (Å²) in [5.74, 6) is 1.20. The lowest BCUT2D eigenvalue weighted by atomic mass is 9.79. The molecule has 0 aromatic carbocycles. The van der Waals surface area contributed by atoms with Gasteiger partial charge in [-0.25, -0.2) is 0 Å². The van der Waals surface area contributed by atoms with E-state index in [1.54, 1.807) is 0 Å². The van der Waals surface area contributed by atoms with E-state index in [2.05, 4.69) is 13.8 Å². The van der Waals surface area contributed by atoms with Gasteiger partial charge in [0.25, 0.3) is 8.18 Å². The van der Waals surface area contributed by atoms with Crippen molar-refractivity contribution in [3.05, 3.63) is 0 Å². The van der Waals surface area contributed by atoms with E-state index < -0.39 is 8.18 Å². The predicted molar refractivity (Wildman–Crippen MR) is 64.1 cm³/mol. The third-order valence-corrected chi connectivity index (χ3v) is 4.13. The standard InChI is InChI=1S/C11H24NO2P/c1-3-10-9(2)7-5-4-6-8-11(10)14-15(12)13/h9-11,15H,3-8H2,1-2H3,(H2,12,13)/t9-,10?,11?/m0/s1. The lowest BCUT2D eigenvalue weighted by molar-refractivity contribution is 0.0821. The van der Waals surface area contributed by atoms with Crippen LogP contribution in [0.1, 0.15) is 52.4 Å². The van der Waals surface area contributed by atoms with Crippen LogP contribution in [-0.4, -0.2) is 6.10 Å². The Bertz CT molecular complexity index is 211. The highest BCUT2D eigenvalue weighted by atomic mass is 31.1.